The number of rotatable bonds is 1. The van der Waals surface area contributed by atoms with Crippen molar-refractivity contribution in [2.75, 3.05) is 0 Å². The number of pyridine rings is 1. The maximum Gasteiger partial charge on any atom is 0.138 e. The van der Waals surface area contributed by atoms with E-state index in [1.54, 1.807) is 12.3 Å². The molecule has 12 heavy (non-hydrogen) atoms. The topological polar surface area (TPSA) is 12.9 Å². The summed E-state index contributed by atoms with van der Waals surface area (Å²) in [4.78, 5) is 3.87. The Morgan fingerprint density at radius 2 is 2.25 bits per heavy atom. The molecule has 1 aromatic rings. The van der Waals surface area contributed by atoms with Crippen LogP contribution in [0.3, 0.4) is 0 Å². The predicted octanol–water partition coefficient (Wildman–Crippen LogP) is 3.08. The van der Waals surface area contributed by atoms with Crippen molar-refractivity contribution in [3.63, 3.8) is 0 Å². The molecule has 0 unspecified atom stereocenters. The Balaban J connectivity index is 2.39. The summed E-state index contributed by atoms with van der Waals surface area (Å²) in [6.07, 6.45) is 5.22. The van der Waals surface area contributed by atoms with Gasteiger partial charge in [0.2, 0.25) is 0 Å². The Hall–Kier alpha value is -0.630. The molecule has 1 heterocycles. The molecule has 0 N–H and O–H groups in total. The molecule has 64 valence electrons. The number of nitrogens with zero attached hydrogens (tertiary/aromatic N) is 1. The van der Waals surface area contributed by atoms with Crippen LogP contribution in [0.5, 0.6) is 0 Å². The molecule has 0 bridgehead atoms. The van der Waals surface area contributed by atoms with Gasteiger partial charge < -0.3 is 0 Å². The van der Waals surface area contributed by atoms with E-state index in [-0.39, 0.29) is 0 Å². The molecule has 0 radical (unpaired) electrons. The summed E-state index contributed by atoms with van der Waals surface area (Å²) in [5.74, 6) is 0. The number of alkyl halides is 1. The highest BCUT2D eigenvalue weighted by atomic mass is 35.5. The third kappa shape index (κ3) is 1.11. The second-order valence-electron chi connectivity index (χ2n) is 3.17. The van der Waals surface area contributed by atoms with E-state index in [4.69, 9.17) is 11.6 Å². The molecule has 1 aliphatic carbocycles. The van der Waals surface area contributed by atoms with E-state index in [2.05, 4.69) is 4.98 Å². The number of hydrogen-bond donors (Lipinski definition) is 0. The van der Waals surface area contributed by atoms with Crippen molar-refractivity contribution in [1.82, 2.24) is 4.98 Å². The summed E-state index contributed by atoms with van der Waals surface area (Å²) < 4.78 is 13.8. The van der Waals surface area contributed by atoms with E-state index in [9.17, 15) is 4.39 Å². The van der Waals surface area contributed by atoms with Gasteiger partial charge in [-0.1, -0.05) is 11.6 Å². The smallest absolute Gasteiger partial charge is 0.138 e. The Morgan fingerprint density at radius 1 is 1.50 bits per heavy atom. The van der Waals surface area contributed by atoms with Gasteiger partial charge in [-0.2, -0.15) is 0 Å². The fraction of sp³-hybridized carbons (Fsp3) is 0.444. The Bertz CT molecular complexity index is 296. The quantitative estimate of drug-likeness (QED) is 0.655. The zero-order chi connectivity index (χ0) is 8.60. The lowest BCUT2D eigenvalue weighted by Crippen LogP contribution is -2.29. The summed E-state index contributed by atoms with van der Waals surface area (Å²) >= 11 is 5.84. The molecule has 1 aromatic heterocycles. The van der Waals surface area contributed by atoms with Gasteiger partial charge in [0.1, 0.15) is 5.67 Å². The normalized spacial score (nSPS) is 20.2. The summed E-state index contributed by atoms with van der Waals surface area (Å²) in [5.41, 5.74) is -0.636. The zero-order valence-corrected chi connectivity index (χ0v) is 7.31. The fourth-order valence-corrected chi connectivity index (χ4v) is 1.74. The lowest BCUT2D eigenvalue weighted by Gasteiger charge is -2.34. The van der Waals surface area contributed by atoms with Crippen LogP contribution in [-0.4, -0.2) is 4.98 Å². The number of halogens is 2. The van der Waals surface area contributed by atoms with Crippen molar-refractivity contribution in [2.45, 2.75) is 24.9 Å². The van der Waals surface area contributed by atoms with Crippen LogP contribution < -0.4 is 0 Å². The molecule has 1 nitrogen and oxygen atoms in total. The van der Waals surface area contributed by atoms with E-state index in [0.29, 0.717) is 23.4 Å². The first kappa shape index (κ1) is 7.99. The van der Waals surface area contributed by atoms with Crippen LogP contribution in [0.2, 0.25) is 5.02 Å². The van der Waals surface area contributed by atoms with Gasteiger partial charge >= 0.3 is 0 Å². The van der Waals surface area contributed by atoms with Crippen molar-refractivity contribution >= 4 is 11.6 Å². The molecule has 3 heteroatoms. The second kappa shape index (κ2) is 2.70. The monoisotopic (exact) mass is 185 g/mol. The first-order valence-electron chi connectivity index (χ1n) is 4.01. The van der Waals surface area contributed by atoms with Crippen molar-refractivity contribution in [1.29, 1.82) is 0 Å². The van der Waals surface area contributed by atoms with Crippen molar-refractivity contribution in [3.05, 3.63) is 29.0 Å². The highest BCUT2D eigenvalue weighted by molar-refractivity contribution is 6.31. The molecule has 0 atom stereocenters. The Kier molecular flexibility index (Phi) is 1.80. The average Bonchev–Trinajstić information content (AvgIpc) is 2.01. The summed E-state index contributed by atoms with van der Waals surface area (Å²) in [7, 11) is 0. The molecule has 0 aliphatic heterocycles. The molecule has 0 amide bonds. The minimum absolute atomic E-state index is 0.493. The van der Waals surface area contributed by atoms with Crippen LogP contribution in [0.1, 0.15) is 24.8 Å². The molecule has 1 aliphatic rings. The van der Waals surface area contributed by atoms with Crippen LogP contribution in [0.4, 0.5) is 4.39 Å². The SMILES string of the molecule is FC1(c2cnccc2Cl)CCC1. The van der Waals surface area contributed by atoms with Crippen LogP contribution in [0.25, 0.3) is 0 Å². The Morgan fingerprint density at radius 3 is 2.75 bits per heavy atom. The van der Waals surface area contributed by atoms with Gasteiger partial charge in [0.15, 0.2) is 0 Å². The largest absolute Gasteiger partial charge is 0.264 e. The molecule has 0 spiro atoms. The van der Waals surface area contributed by atoms with Gasteiger partial charge in [0.05, 0.1) is 5.02 Å². The third-order valence-corrected chi connectivity index (χ3v) is 2.73. The van der Waals surface area contributed by atoms with Crippen LogP contribution in [0.15, 0.2) is 18.5 Å². The maximum atomic E-state index is 13.8. The van der Waals surface area contributed by atoms with Crippen LogP contribution in [0, 0.1) is 0 Å². The van der Waals surface area contributed by atoms with Crippen molar-refractivity contribution in [2.24, 2.45) is 0 Å². The van der Waals surface area contributed by atoms with Gasteiger partial charge in [-0.15, -0.1) is 0 Å². The standard InChI is InChI=1S/C9H9ClFN/c10-8-2-5-12-6-7(8)9(11)3-1-4-9/h2,5-6H,1,3-4H2. The Labute approximate surface area is 75.6 Å². The van der Waals surface area contributed by atoms with E-state index in [1.165, 1.54) is 6.20 Å². The third-order valence-electron chi connectivity index (χ3n) is 2.40. The van der Waals surface area contributed by atoms with Gasteiger partial charge in [-0.05, 0) is 25.3 Å². The molecular weight excluding hydrogens is 177 g/mol. The van der Waals surface area contributed by atoms with E-state index < -0.39 is 5.67 Å². The highest BCUT2D eigenvalue weighted by Crippen LogP contribution is 2.46. The summed E-state index contributed by atoms with van der Waals surface area (Å²) in [5, 5.41) is 0.493. The second-order valence-corrected chi connectivity index (χ2v) is 3.58. The van der Waals surface area contributed by atoms with E-state index >= 15 is 0 Å². The maximum absolute atomic E-state index is 13.8. The fourth-order valence-electron chi connectivity index (χ4n) is 1.46. The van der Waals surface area contributed by atoms with E-state index in [1.807, 2.05) is 0 Å². The molecule has 1 saturated carbocycles. The number of hydrogen-bond acceptors (Lipinski definition) is 1. The zero-order valence-electron chi connectivity index (χ0n) is 6.56. The van der Waals surface area contributed by atoms with Gasteiger partial charge in [0, 0.05) is 18.0 Å². The minimum atomic E-state index is -1.19. The lowest BCUT2D eigenvalue weighted by atomic mass is 9.77. The number of aromatic nitrogens is 1. The van der Waals surface area contributed by atoms with Gasteiger partial charge in [-0.3, -0.25) is 4.98 Å². The van der Waals surface area contributed by atoms with Crippen molar-refractivity contribution in [3.8, 4) is 0 Å². The first-order valence-corrected chi connectivity index (χ1v) is 4.39. The molecule has 0 aromatic carbocycles. The summed E-state index contributed by atoms with van der Waals surface area (Å²) in [6, 6.07) is 1.64. The van der Waals surface area contributed by atoms with Crippen LogP contribution in [-0.2, 0) is 5.67 Å². The van der Waals surface area contributed by atoms with Gasteiger partial charge in [-0.25, -0.2) is 4.39 Å². The highest BCUT2D eigenvalue weighted by Gasteiger charge is 2.40. The average molecular weight is 186 g/mol. The first-order chi connectivity index (χ1) is 5.72. The molecule has 2 rings (SSSR count). The predicted molar refractivity (Wildman–Crippen MR) is 45.9 cm³/mol. The van der Waals surface area contributed by atoms with Crippen molar-refractivity contribution < 1.29 is 4.39 Å². The van der Waals surface area contributed by atoms with E-state index in [0.717, 1.165) is 6.42 Å². The lowest BCUT2D eigenvalue weighted by molar-refractivity contribution is 0.0606. The van der Waals surface area contributed by atoms with Crippen LogP contribution >= 0.6 is 11.6 Å². The molecule has 1 fully saturated rings. The van der Waals surface area contributed by atoms with Gasteiger partial charge in [0.25, 0.3) is 0 Å². The summed E-state index contributed by atoms with van der Waals surface area (Å²) in [6.45, 7) is 0. The molecule has 0 saturated heterocycles. The minimum Gasteiger partial charge on any atom is -0.264 e. The molecular formula is C9H9ClFN.